The van der Waals surface area contributed by atoms with E-state index in [1.54, 1.807) is 24.5 Å². The highest BCUT2D eigenvalue weighted by Gasteiger charge is 2.18. The van der Waals surface area contributed by atoms with Crippen LogP contribution in [-0.4, -0.2) is 60.3 Å². The summed E-state index contributed by atoms with van der Waals surface area (Å²) < 4.78 is 16.4. The molecule has 0 radical (unpaired) electrons. The maximum Gasteiger partial charge on any atom is 0.251 e. The Bertz CT molecular complexity index is 1180. The molecule has 1 N–H and O–H groups in total. The molecule has 1 aliphatic heterocycles. The number of carbonyl (C=O) groups excluding carboxylic acids is 1. The molecule has 5 rings (SSSR count). The van der Waals surface area contributed by atoms with Crippen molar-refractivity contribution in [3.8, 4) is 22.8 Å². The Balaban J connectivity index is 1.32. The molecule has 1 aliphatic rings. The lowest BCUT2D eigenvalue weighted by molar-refractivity contribution is 0.0383. The van der Waals surface area contributed by atoms with Crippen molar-refractivity contribution in [3.05, 3.63) is 60.4 Å². The van der Waals surface area contributed by atoms with Crippen LogP contribution in [0.5, 0.6) is 0 Å². The predicted octanol–water partition coefficient (Wildman–Crippen LogP) is 3.21. The smallest absolute Gasteiger partial charge is 0.251 e. The Kier molecular flexibility index (Phi) is 5.47. The Labute approximate surface area is 178 Å². The number of hydrogen-bond donors (Lipinski definition) is 1. The Morgan fingerprint density at radius 1 is 1.10 bits per heavy atom. The molecule has 3 heterocycles. The van der Waals surface area contributed by atoms with Crippen LogP contribution in [0.15, 0.2) is 63.7 Å². The second kappa shape index (κ2) is 8.71. The molecule has 1 fully saturated rings. The third-order valence-corrected chi connectivity index (χ3v) is 5.32. The zero-order valence-electron chi connectivity index (χ0n) is 16.9. The van der Waals surface area contributed by atoms with Crippen LogP contribution in [0.2, 0.25) is 0 Å². The first-order valence-corrected chi connectivity index (χ1v) is 10.3. The van der Waals surface area contributed by atoms with Gasteiger partial charge in [0.15, 0.2) is 5.58 Å². The van der Waals surface area contributed by atoms with Gasteiger partial charge in [-0.05, 0) is 30.3 Å². The number of nitrogens with zero attached hydrogens (tertiary/aromatic N) is 3. The van der Waals surface area contributed by atoms with Gasteiger partial charge in [-0.3, -0.25) is 9.69 Å². The number of morpholine rings is 1. The van der Waals surface area contributed by atoms with Crippen molar-refractivity contribution >= 4 is 16.9 Å². The first-order chi connectivity index (χ1) is 15.3. The van der Waals surface area contributed by atoms with Gasteiger partial charge in [0, 0.05) is 37.3 Å². The van der Waals surface area contributed by atoms with Gasteiger partial charge in [-0.1, -0.05) is 23.4 Å². The molecule has 0 bridgehead atoms. The summed E-state index contributed by atoms with van der Waals surface area (Å²) in [6.07, 6.45) is 1.55. The first kappa shape index (κ1) is 19.5. The maximum absolute atomic E-state index is 12.6. The zero-order chi connectivity index (χ0) is 21.0. The molecule has 0 saturated carbocycles. The van der Waals surface area contributed by atoms with Gasteiger partial charge in [-0.25, -0.2) is 4.98 Å². The number of rotatable bonds is 6. The highest BCUT2D eigenvalue weighted by atomic mass is 16.5. The van der Waals surface area contributed by atoms with Gasteiger partial charge in [-0.2, -0.15) is 0 Å². The second-order valence-electron chi connectivity index (χ2n) is 7.36. The van der Waals surface area contributed by atoms with Crippen molar-refractivity contribution in [2.75, 3.05) is 39.4 Å². The summed E-state index contributed by atoms with van der Waals surface area (Å²) in [4.78, 5) is 19.5. The number of ether oxygens (including phenoxy) is 1. The van der Waals surface area contributed by atoms with Gasteiger partial charge >= 0.3 is 0 Å². The summed E-state index contributed by atoms with van der Waals surface area (Å²) >= 11 is 0. The highest BCUT2D eigenvalue weighted by molar-refractivity contribution is 6.00. The monoisotopic (exact) mass is 418 g/mol. The van der Waals surface area contributed by atoms with E-state index in [0.717, 1.165) is 38.4 Å². The van der Waals surface area contributed by atoms with Crippen LogP contribution < -0.4 is 5.32 Å². The molecule has 2 aromatic carbocycles. The summed E-state index contributed by atoms with van der Waals surface area (Å²) in [5.41, 5.74) is 3.11. The fourth-order valence-electron chi connectivity index (χ4n) is 3.61. The number of oxazole rings is 1. The van der Waals surface area contributed by atoms with Crippen molar-refractivity contribution in [1.29, 1.82) is 0 Å². The van der Waals surface area contributed by atoms with Crippen molar-refractivity contribution in [1.82, 2.24) is 20.4 Å². The third-order valence-electron chi connectivity index (χ3n) is 5.32. The quantitative estimate of drug-likeness (QED) is 0.514. The molecule has 4 aromatic rings. The van der Waals surface area contributed by atoms with Crippen LogP contribution in [0, 0.1) is 0 Å². The molecular weight excluding hydrogens is 396 g/mol. The SMILES string of the molecule is O=C(NCCN1CCOCC1)c1ccc2onc(-c3coc(-c4ccccc4)n3)c2c1. The van der Waals surface area contributed by atoms with Crippen LogP contribution in [0.1, 0.15) is 10.4 Å². The van der Waals surface area contributed by atoms with E-state index in [4.69, 9.17) is 13.7 Å². The largest absolute Gasteiger partial charge is 0.444 e. The van der Waals surface area contributed by atoms with E-state index in [0.29, 0.717) is 40.4 Å². The van der Waals surface area contributed by atoms with Gasteiger partial charge in [-0.15, -0.1) is 0 Å². The number of amides is 1. The lowest BCUT2D eigenvalue weighted by Gasteiger charge is -2.26. The number of carbonyl (C=O) groups is 1. The van der Waals surface area contributed by atoms with Gasteiger partial charge < -0.3 is 19.0 Å². The van der Waals surface area contributed by atoms with Gasteiger partial charge in [0.1, 0.15) is 17.7 Å². The van der Waals surface area contributed by atoms with E-state index in [2.05, 4.69) is 20.4 Å². The molecule has 1 saturated heterocycles. The van der Waals surface area contributed by atoms with E-state index in [9.17, 15) is 4.79 Å². The lowest BCUT2D eigenvalue weighted by Crippen LogP contribution is -2.41. The topological polar surface area (TPSA) is 93.6 Å². The van der Waals surface area contributed by atoms with Crippen LogP contribution in [-0.2, 0) is 4.74 Å². The molecule has 158 valence electrons. The highest BCUT2D eigenvalue weighted by Crippen LogP contribution is 2.30. The normalized spacial score (nSPS) is 14.7. The molecule has 0 unspecified atom stereocenters. The third kappa shape index (κ3) is 4.21. The average molecular weight is 418 g/mol. The summed E-state index contributed by atoms with van der Waals surface area (Å²) in [7, 11) is 0. The summed E-state index contributed by atoms with van der Waals surface area (Å²) in [5, 5.41) is 7.85. The van der Waals surface area contributed by atoms with Crippen molar-refractivity contribution in [2.45, 2.75) is 0 Å². The number of hydrogen-bond acceptors (Lipinski definition) is 7. The van der Waals surface area contributed by atoms with Crippen LogP contribution in [0.25, 0.3) is 33.8 Å². The minimum absolute atomic E-state index is 0.132. The lowest BCUT2D eigenvalue weighted by atomic mass is 10.1. The van der Waals surface area contributed by atoms with Crippen LogP contribution in [0.3, 0.4) is 0 Å². The Morgan fingerprint density at radius 2 is 1.94 bits per heavy atom. The standard InChI is InChI=1S/C23H22N4O4/c28-22(24-8-9-27-10-12-29-13-11-27)17-6-7-20-18(14-17)21(26-31-20)19-15-30-23(25-19)16-4-2-1-3-5-16/h1-7,14-15H,8-13H2,(H,24,28). The van der Waals surface area contributed by atoms with E-state index >= 15 is 0 Å². The molecule has 31 heavy (non-hydrogen) atoms. The fourth-order valence-corrected chi connectivity index (χ4v) is 3.61. The Hall–Kier alpha value is -3.49. The zero-order valence-corrected chi connectivity index (χ0v) is 16.9. The van der Waals surface area contributed by atoms with Crippen LogP contribution in [0.4, 0.5) is 0 Å². The molecule has 0 aliphatic carbocycles. The van der Waals surface area contributed by atoms with Crippen molar-refractivity contribution < 1.29 is 18.5 Å². The molecule has 0 spiro atoms. The molecule has 8 nitrogen and oxygen atoms in total. The van der Waals surface area contributed by atoms with E-state index in [1.807, 2.05) is 30.3 Å². The van der Waals surface area contributed by atoms with E-state index in [1.165, 1.54) is 0 Å². The van der Waals surface area contributed by atoms with E-state index in [-0.39, 0.29) is 5.91 Å². The fraction of sp³-hybridized carbons (Fsp3) is 0.261. The minimum atomic E-state index is -0.132. The molecule has 8 heteroatoms. The molecule has 1 amide bonds. The number of aromatic nitrogens is 2. The van der Waals surface area contributed by atoms with Crippen LogP contribution >= 0.6 is 0 Å². The van der Waals surface area contributed by atoms with Gasteiger partial charge in [0.2, 0.25) is 5.89 Å². The number of nitrogens with one attached hydrogen (secondary N) is 1. The van der Waals surface area contributed by atoms with Crippen molar-refractivity contribution in [2.24, 2.45) is 0 Å². The number of benzene rings is 2. The molecular formula is C23H22N4O4. The van der Waals surface area contributed by atoms with E-state index < -0.39 is 0 Å². The summed E-state index contributed by atoms with van der Waals surface area (Å²) in [6, 6.07) is 14.9. The first-order valence-electron chi connectivity index (χ1n) is 10.3. The van der Waals surface area contributed by atoms with Crippen molar-refractivity contribution in [3.63, 3.8) is 0 Å². The maximum atomic E-state index is 12.6. The van der Waals surface area contributed by atoms with Gasteiger partial charge in [0.05, 0.1) is 18.6 Å². The minimum Gasteiger partial charge on any atom is -0.444 e. The average Bonchev–Trinajstić information content (AvgIpc) is 3.47. The predicted molar refractivity (Wildman–Crippen MR) is 115 cm³/mol. The van der Waals surface area contributed by atoms with Gasteiger partial charge in [0.25, 0.3) is 5.91 Å². The summed E-state index contributed by atoms with van der Waals surface area (Å²) in [5.74, 6) is 0.371. The number of fused-ring (bicyclic) bond motifs is 1. The Morgan fingerprint density at radius 3 is 2.77 bits per heavy atom. The second-order valence-corrected chi connectivity index (χ2v) is 7.36. The summed E-state index contributed by atoms with van der Waals surface area (Å²) in [6.45, 7) is 4.67. The molecule has 0 atom stereocenters. The molecule has 2 aromatic heterocycles.